The SMILES string of the molecule is CC1CC(CC(=O)Nc2cn(C)c(=O)n(C)c2=O)CC(C)(C)C1. The van der Waals surface area contributed by atoms with Crippen molar-refractivity contribution in [3.63, 3.8) is 0 Å². The van der Waals surface area contributed by atoms with Gasteiger partial charge < -0.3 is 9.88 Å². The highest BCUT2D eigenvalue weighted by Crippen LogP contribution is 2.42. The van der Waals surface area contributed by atoms with Gasteiger partial charge in [0.05, 0.1) is 0 Å². The highest BCUT2D eigenvalue weighted by Gasteiger charge is 2.33. The van der Waals surface area contributed by atoms with Gasteiger partial charge >= 0.3 is 5.69 Å². The summed E-state index contributed by atoms with van der Waals surface area (Å²) in [4.78, 5) is 36.0. The van der Waals surface area contributed by atoms with E-state index in [0.717, 1.165) is 17.4 Å². The zero-order valence-corrected chi connectivity index (χ0v) is 14.7. The minimum atomic E-state index is -0.473. The van der Waals surface area contributed by atoms with Crippen LogP contribution in [0.5, 0.6) is 0 Å². The summed E-state index contributed by atoms with van der Waals surface area (Å²) in [6, 6.07) is 0. The number of nitrogens with one attached hydrogen (secondary N) is 1. The molecule has 1 aromatic heterocycles. The van der Waals surface area contributed by atoms with E-state index in [1.165, 1.54) is 24.2 Å². The van der Waals surface area contributed by atoms with Crippen LogP contribution in [0.15, 0.2) is 15.8 Å². The molecule has 1 heterocycles. The number of nitrogens with zero attached hydrogens (tertiary/aromatic N) is 2. The third-order valence-corrected chi connectivity index (χ3v) is 4.67. The second kappa shape index (κ2) is 6.34. The van der Waals surface area contributed by atoms with Crippen molar-refractivity contribution < 1.29 is 4.79 Å². The maximum Gasteiger partial charge on any atom is 0.330 e. The van der Waals surface area contributed by atoms with Crippen LogP contribution in [0.2, 0.25) is 0 Å². The van der Waals surface area contributed by atoms with Crippen molar-refractivity contribution in [1.82, 2.24) is 9.13 Å². The van der Waals surface area contributed by atoms with Crippen molar-refractivity contribution in [2.45, 2.75) is 46.5 Å². The van der Waals surface area contributed by atoms with Crippen LogP contribution >= 0.6 is 0 Å². The highest BCUT2D eigenvalue weighted by atomic mass is 16.2. The van der Waals surface area contributed by atoms with Gasteiger partial charge in [0.2, 0.25) is 5.91 Å². The van der Waals surface area contributed by atoms with Gasteiger partial charge in [-0.1, -0.05) is 20.8 Å². The molecule has 1 saturated carbocycles. The predicted octanol–water partition coefficient (Wildman–Crippen LogP) is 1.87. The molecule has 0 bridgehead atoms. The zero-order valence-electron chi connectivity index (χ0n) is 14.7. The van der Waals surface area contributed by atoms with E-state index in [1.54, 1.807) is 7.05 Å². The quantitative estimate of drug-likeness (QED) is 0.924. The van der Waals surface area contributed by atoms with E-state index in [2.05, 4.69) is 26.1 Å². The first kappa shape index (κ1) is 17.5. The Morgan fingerprint density at radius 1 is 1.30 bits per heavy atom. The molecule has 0 spiro atoms. The molecule has 6 nitrogen and oxygen atoms in total. The van der Waals surface area contributed by atoms with Crippen LogP contribution in [-0.4, -0.2) is 15.0 Å². The van der Waals surface area contributed by atoms with Crippen LogP contribution in [0.3, 0.4) is 0 Å². The number of aryl methyl sites for hydroxylation is 1. The number of aromatic nitrogens is 2. The molecule has 0 radical (unpaired) electrons. The molecule has 6 heteroatoms. The van der Waals surface area contributed by atoms with Crippen molar-refractivity contribution in [2.75, 3.05) is 5.32 Å². The van der Waals surface area contributed by atoms with Gasteiger partial charge in [-0.05, 0) is 36.5 Å². The van der Waals surface area contributed by atoms with Crippen molar-refractivity contribution in [1.29, 1.82) is 0 Å². The molecule has 2 atom stereocenters. The molecule has 1 amide bonds. The average Bonchev–Trinajstić information content (AvgIpc) is 2.40. The topological polar surface area (TPSA) is 73.1 Å². The molecule has 23 heavy (non-hydrogen) atoms. The molecule has 0 saturated heterocycles. The van der Waals surface area contributed by atoms with Crippen molar-refractivity contribution in [3.8, 4) is 0 Å². The summed E-state index contributed by atoms with van der Waals surface area (Å²) in [5, 5.41) is 2.68. The Bertz CT molecular complexity index is 715. The molecule has 1 N–H and O–H groups in total. The first-order valence-corrected chi connectivity index (χ1v) is 8.15. The van der Waals surface area contributed by atoms with E-state index in [-0.39, 0.29) is 17.0 Å². The second-order valence-corrected chi connectivity index (χ2v) is 7.83. The third-order valence-electron chi connectivity index (χ3n) is 4.67. The number of rotatable bonds is 3. The Morgan fingerprint density at radius 3 is 2.57 bits per heavy atom. The summed E-state index contributed by atoms with van der Waals surface area (Å²) in [6.07, 6.45) is 5.06. The van der Waals surface area contributed by atoms with E-state index in [9.17, 15) is 14.4 Å². The first-order valence-electron chi connectivity index (χ1n) is 8.15. The van der Waals surface area contributed by atoms with E-state index in [1.807, 2.05) is 0 Å². The summed E-state index contributed by atoms with van der Waals surface area (Å²) in [5.41, 5.74) is -0.465. The highest BCUT2D eigenvalue weighted by molar-refractivity contribution is 5.90. The smallest absolute Gasteiger partial charge is 0.320 e. The summed E-state index contributed by atoms with van der Waals surface area (Å²) < 4.78 is 2.30. The van der Waals surface area contributed by atoms with Gasteiger partial charge in [-0.25, -0.2) is 4.79 Å². The second-order valence-electron chi connectivity index (χ2n) is 7.83. The van der Waals surface area contributed by atoms with E-state index >= 15 is 0 Å². The fourth-order valence-electron chi connectivity index (χ4n) is 4.06. The van der Waals surface area contributed by atoms with Gasteiger partial charge in [0, 0.05) is 26.7 Å². The molecule has 128 valence electrons. The maximum absolute atomic E-state index is 12.3. The lowest BCUT2D eigenvalue weighted by Gasteiger charge is -2.38. The van der Waals surface area contributed by atoms with Gasteiger partial charge in [0.1, 0.15) is 5.69 Å². The van der Waals surface area contributed by atoms with Crippen LogP contribution in [0.1, 0.15) is 46.5 Å². The molecule has 1 fully saturated rings. The summed E-state index contributed by atoms with van der Waals surface area (Å²) in [7, 11) is 2.97. The van der Waals surface area contributed by atoms with Crippen LogP contribution in [-0.2, 0) is 18.9 Å². The summed E-state index contributed by atoms with van der Waals surface area (Å²) in [5.74, 6) is 0.794. The lowest BCUT2D eigenvalue weighted by Crippen LogP contribution is -2.38. The molecule has 2 rings (SSSR count). The molecule has 0 aromatic carbocycles. The molecular formula is C17H27N3O3. The lowest BCUT2D eigenvalue weighted by molar-refractivity contribution is -0.117. The predicted molar refractivity (Wildman–Crippen MR) is 90.5 cm³/mol. The van der Waals surface area contributed by atoms with Gasteiger partial charge in [-0.2, -0.15) is 0 Å². The Labute approximate surface area is 136 Å². The maximum atomic E-state index is 12.3. The van der Waals surface area contributed by atoms with Crippen molar-refractivity contribution in [2.24, 2.45) is 31.3 Å². The number of hydrogen-bond donors (Lipinski definition) is 1. The number of hydrogen-bond acceptors (Lipinski definition) is 3. The molecule has 1 aromatic rings. The minimum absolute atomic E-state index is 0.155. The van der Waals surface area contributed by atoms with Gasteiger partial charge in [0.15, 0.2) is 0 Å². The Morgan fingerprint density at radius 2 is 1.96 bits per heavy atom. The van der Waals surface area contributed by atoms with Crippen LogP contribution in [0.25, 0.3) is 0 Å². The number of carbonyl (C=O) groups excluding carboxylic acids is 1. The minimum Gasteiger partial charge on any atom is -0.320 e. The van der Waals surface area contributed by atoms with Crippen molar-refractivity contribution in [3.05, 3.63) is 27.0 Å². The average molecular weight is 321 g/mol. The van der Waals surface area contributed by atoms with E-state index < -0.39 is 11.2 Å². The van der Waals surface area contributed by atoms with Gasteiger partial charge in [-0.15, -0.1) is 0 Å². The fourth-order valence-corrected chi connectivity index (χ4v) is 4.06. The number of carbonyl (C=O) groups is 1. The Kier molecular flexibility index (Phi) is 4.82. The zero-order chi connectivity index (χ0) is 17.4. The largest absolute Gasteiger partial charge is 0.330 e. The lowest BCUT2D eigenvalue weighted by atomic mass is 9.67. The standard InChI is InChI=1S/C17H27N3O3/c1-11-6-12(9-17(2,3)8-11)7-14(21)18-13-10-19(4)16(23)20(5)15(13)22/h10-12H,6-9H2,1-5H3,(H,18,21). The molecule has 1 aliphatic carbocycles. The Hall–Kier alpha value is -1.85. The van der Waals surface area contributed by atoms with Gasteiger partial charge in [-0.3, -0.25) is 14.2 Å². The Balaban J connectivity index is 2.09. The van der Waals surface area contributed by atoms with E-state index in [4.69, 9.17) is 0 Å². The third kappa shape index (κ3) is 4.12. The number of amides is 1. The molecular weight excluding hydrogens is 294 g/mol. The number of anilines is 1. The van der Waals surface area contributed by atoms with Crippen LogP contribution in [0, 0.1) is 17.3 Å². The van der Waals surface area contributed by atoms with Crippen molar-refractivity contribution >= 4 is 11.6 Å². The van der Waals surface area contributed by atoms with Gasteiger partial charge in [0.25, 0.3) is 5.56 Å². The molecule has 2 unspecified atom stereocenters. The summed E-state index contributed by atoms with van der Waals surface area (Å²) in [6.45, 7) is 6.72. The molecule has 0 aliphatic heterocycles. The fraction of sp³-hybridized carbons (Fsp3) is 0.706. The van der Waals surface area contributed by atoms with Crippen LogP contribution < -0.4 is 16.6 Å². The summed E-state index contributed by atoms with van der Waals surface area (Å²) >= 11 is 0. The molecule has 1 aliphatic rings. The van der Waals surface area contributed by atoms with Crippen LogP contribution in [0.4, 0.5) is 5.69 Å². The monoisotopic (exact) mass is 321 g/mol. The normalized spacial score (nSPS) is 23.5. The first-order chi connectivity index (χ1) is 10.6. The van der Waals surface area contributed by atoms with E-state index in [0.29, 0.717) is 18.3 Å².